The monoisotopic (exact) mass is 298 g/mol. The van der Waals surface area contributed by atoms with E-state index in [1.54, 1.807) is 0 Å². The number of hydrogen-bond donors (Lipinski definition) is 0. The van der Waals surface area contributed by atoms with Gasteiger partial charge in [-0.25, -0.2) is 0 Å². The zero-order chi connectivity index (χ0) is 15.9. The first kappa shape index (κ1) is 16.4. The second-order valence-corrected chi connectivity index (χ2v) is 6.47. The van der Waals surface area contributed by atoms with Crippen LogP contribution in [0.2, 0.25) is 0 Å². The van der Waals surface area contributed by atoms with Crippen LogP contribution in [-0.4, -0.2) is 13.2 Å². The van der Waals surface area contributed by atoms with E-state index in [4.69, 9.17) is 9.47 Å². The van der Waals surface area contributed by atoms with Crippen LogP contribution in [0.4, 0.5) is 0 Å². The SMILES string of the molecule is CC(C)COc1cccc(-c2cccc(OCC(C)C)c2)c1. The summed E-state index contributed by atoms with van der Waals surface area (Å²) >= 11 is 0. The van der Waals surface area contributed by atoms with E-state index >= 15 is 0 Å². The molecule has 0 fully saturated rings. The maximum Gasteiger partial charge on any atom is 0.119 e. The molecule has 0 aromatic heterocycles. The van der Waals surface area contributed by atoms with Gasteiger partial charge in [-0.05, 0) is 47.2 Å². The molecule has 118 valence electrons. The molecule has 2 rings (SSSR count). The summed E-state index contributed by atoms with van der Waals surface area (Å²) in [6.07, 6.45) is 0. The Kier molecular flexibility index (Phi) is 5.88. The summed E-state index contributed by atoms with van der Waals surface area (Å²) in [6.45, 7) is 10.1. The van der Waals surface area contributed by atoms with E-state index in [0.717, 1.165) is 35.8 Å². The molecule has 0 saturated heterocycles. The first-order chi connectivity index (χ1) is 10.5. The highest BCUT2D eigenvalue weighted by Crippen LogP contribution is 2.27. The van der Waals surface area contributed by atoms with Crippen molar-refractivity contribution in [1.29, 1.82) is 0 Å². The molecular weight excluding hydrogens is 272 g/mol. The van der Waals surface area contributed by atoms with Gasteiger partial charge in [0.1, 0.15) is 11.5 Å². The van der Waals surface area contributed by atoms with Crippen molar-refractivity contribution in [2.45, 2.75) is 27.7 Å². The Balaban J connectivity index is 2.13. The van der Waals surface area contributed by atoms with E-state index < -0.39 is 0 Å². The molecule has 2 nitrogen and oxygen atoms in total. The summed E-state index contributed by atoms with van der Waals surface area (Å²) in [5.41, 5.74) is 2.30. The van der Waals surface area contributed by atoms with Crippen LogP contribution in [0.3, 0.4) is 0 Å². The fraction of sp³-hybridized carbons (Fsp3) is 0.400. The largest absolute Gasteiger partial charge is 0.493 e. The molecular formula is C20H26O2. The fourth-order valence-electron chi connectivity index (χ4n) is 2.06. The Morgan fingerprint density at radius 2 is 1.09 bits per heavy atom. The van der Waals surface area contributed by atoms with Gasteiger partial charge in [0.25, 0.3) is 0 Å². The average molecular weight is 298 g/mol. The fourth-order valence-corrected chi connectivity index (χ4v) is 2.06. The second-order valence-electron chi connectivity index (χ2n) is 6.47. The summed E-state index contributed by atoms with van der Waals surface area (Å²) in [7, 11) is 0. The van der Waals surface area contributed by atoms with Crippen LogP contribution < -0.4 is 9.47 Å². The third kappa shape index (κ3) is 5.10. The standard InChI is InChI=1S/C20H26O2/c1-15(2)13-21-19-9-5-7-17(11-19)18-8-6-10-20(12-18)22-14-16(3)4/h5-12,15-16H,13-14H2,1-4H3. The first-order valence-corrected chi connectivity index (χ1v) is 8.00. The summed E-state index contributed by atoms with van der Waals surface area (Å²) < 4.78 is 11.6. The highest BCUT2D eigenvalue weighted by atomic mass is 16.5. The van der Waals surface area contributed by atoms with Crippen LogP contribution >= 0.6 is 0 Å². The summed E-state index contributed by atoms with van der Waals surface area (Å²) in [5.74, 6) is 2.88. The molecule has 0 aliphatic heterocycles. The Hall–Kier alpha value is -1.96. The van der Waals surface area contributed by atoms with E-state index in [0.29, 0.717) is 11.8 Å². The van der Waals surface area contributed by atoms with Gasteiger partial charge < -0.3 is 9.47 Å². The number of ether oxygens (including phenoxy) is 2. The van der Waals surface area contributed by atoms with Gasteiger partial charge in [0.05, 0.1) is 13.2 Å². The van der Waals surface area contributed by atoms with Gasteiger partial charge in [0.2, 0.25) is 0 Å². The van der Waals surface area contributed by atoms with Crippen LogP contribution in [0.5, 0.6) is 11.5 Å². The molecule has 0 radical (unpaired) electrons. The molecule has 0 amide bonds. The van der Waals surface area contributed by atoms with E-state index in [1.807, 2.05) is 24.3 Å². The predicted octanol–water partition coefficient (Wildman–Crippen LogP) is 5.42. The molecule has 0 aliphatic rings. The van der Waals surface area contributed by atoms with Gasteiger partial charge in [-0.3, -0.25) is 0 Å². The Morgan fingerprint density at radius 3 is 1.45 bits per heavy atom. The molecule has 0 heterocycles. The quantitative estimate of drug-likeness (QED) is 0.679. The summed E-state index contributed by atoms with van der Waals surface area (Å²) in [4.78, 5) is 0. The Labute approximate surface area is 134 Å². The van der Waals surface area contributed by atoms with Crippen molar-refractivity contribution in [2.75, 3.05) is 13.2 Å². The smallest absolute Gasteiger partial charge is 0.119 e. The van der Waals surface area contributed by atoms with Crippen LogP contribution in [-0.2, 0) is 0 Å². The molecule has 0 atom stereocenters. The van der Waals surface area contributed by atoms with Crippen LogP contribution in [0.25, 0.3) is 11.1 Å². The van der Waals surface area contributed by atoms with Crippen molar-refractivity contribution in [1.82, 2.24) is 0 Å². The van der Waals surface area contributed by atoms with Gasteiger partial charge in [0, 0.05) is 0 Å². The third-order valence-corrected chi connectivity index (χ3v) is 3.17. The lowest BCUT2D eigenvalue weighted by molar-refractivity contribution is 0.271. The zero-order valence-corrected chi connectivity index (χ0v) is 14.0. The van der Waals surface area contributed by atoms with Crippen LogP contribution in [0, 0.1) is 11.8 Å². The number of benzene rings is 2. The van der Waals surface area contributed by atoms with Crippen molar-refractivity contribution in [2.24, 2.45) is 11.8 Å². The topological polar surface area (TPSA) is 18.5 Å². The van der Waals surface area contributed by atoms with Gasteiger partial charge >= 0.3 is 0 Å². The minimum atomic E-state index is 0.524. The number of rotatable bonds is 7. The van der Waals surface area contributed by atoms with Crippen molar-refractivity contribution < 1.29 is 9.47 Å². The zero-order valence-electron chi connectivity index (χ0n) is 14.0. The molecule has 0 N–H and O–H groups in total. The highest BCUT2D eigenvalue weighted by Gasteiger charge is 2.04. The lowest BCUT2D eigenvalue weighted by atomic mass is 10.1. The highest BCUT2D eigenvalue weighted by molar-refractivity contribution is 5.66. The molecule has 22 heavy (non-hydrogen) atoms. The first-order valence-electron chi connectivity index (χ1n) is 8.00. The van der Waals surface area contributed by atoms with E-state index in [1.165, 1.54) is 0 Å². The summed E-state index contributed by atoms with van der Waals surface area (Å²) in [6, 6.07) is 16.5. The minimum Gasteiger partial charge on any atom is -0.493 e. The Morgan fingerprint density at radius 1 is 0.682 bits per heavy atom. The number of hydrogen-bond acceptors (Lipinski definition) is 2. The summed E-state index contributed by atoms with van der Waals surface area (Å²) in [5, 5.41) is 0. The molecule has 2 aromatic rings. The lowest BCUT2D eigenvalue weighted by Gasteiger charge is -2.12. The second kappa shape index (κ2) is 7.88. The molecule has 2 heteroatoms. The van der Waals surface area contributed by atoms with E-state index in [2.05, 4.69) is 52.0 Å². The normalized spacial score (nSPS) is 11.0. The Bertz CT molecular complexity index is 534. The van der Waals surface area contributed by atoms with Crippen molar-refractivity contribution >= 4 is 0 Å². The molecule has 0 bridgehead atoms. The van der Waals surface area contributed by atoms with Crippen LogP contribution in [0.1, 0.15) is 27.7 Å². The van der Waals surface area contributed by atoms with Gasteiger partial charge in [-0.2, -0.15) is 0 Å². The van der Waals surface area contributed by atoms with E-state index in [9.17, 15) is 0 Å². The molecule has 2 aromatic carbocycles. The molecule has 0 saturated carbocycles. The predicted molar refractivity (Wildman–Crippen MR) is 92.5 cm³/mol. The third-order valence-electron chi connectivity index (χ3n) is 3.17. The van der Waals surface area contributed by atoms with Gasteiger partial charge in [-0.15, -0.1) is 0 Å². The molecule has 0 aliphatic carbocycles. The minimum absolute atomic E-state index is 0.524. The van der Waals surface area contributed by atoms with Crippen LogP contribution in [0.15, 0.2) is 48.5 Å². The molecule has 0 unspecified atom stereocenters. The van der Waals surface area contributed by atoms with Crippen molar-refractivity contribution in [3.05, 3.63) is 48.5 Å². The van der Waals surface area contributed by atoms with Gasteiger partial charge in [-0.1, -0.05) is 52.0 Å². The van der Waals surface area contributed by atoms with Crippen molar-refractivity contribution in [3.63, 3.8) is 0 Å². The molecule has 0 spiro atoms. The lowest BCUT2D eigenvalue weighted by Crippen LogP contribution is -2.04. The van der Waals surface area contributed by atoms with Gasteiger partial charge in [0.15, 0.2) is 0 Å². The van der Waals surface area contributed by atoms with E-state index in [-0.39, 0.29) is 0 Å². The maximum absolute atomic E-state index is 5.81. The van der Waals surface area contributed by atoms with Crippen molar-refractivity contribution in [3.8, 4) is 22.6 Å². The maximum atomic E-state index is 5.81. The average Bonchev–Trinajstić information content (AvgIpc) is 2.51.